The van der Waals surface area contributed by atoms with Gasteiger partial charge in [0.25, 0.3) is 0 Å². The Balaban J connectivity index is 1.84. The van der Waals surface area contributed by atoms with E-state index in [9.17, 15) is 9.59 Å². The average Bonchev–Trinajstić information content (AvgIpc) is 2.67. The topological polar surface area (TPSA) is 72.9 Å². The summed E-state index contributed by atoms with van der Waals surface area (Å²) < 4.78 is 0. The lowest BCUT2D eigenvalue weighted by atomic mass is 10.0. The number of aliphatic carboxylic acids is 1. The first kappa shape index (κ1) is 16.1. The van der Waals surface area contributed by atoms with Gasteiger partial charge in [-0.25, -0.2) is 4.79 Å². The molecule has 0 aromatic rings. The SMILES string of the molecule is CCCC(CNC(=O)N1CCC2CCC(C1)N2C)C(=O)O. The summed E-state index contributed by atoms with van der Waals surface area (Å²) in [6, 6.07) is 0.937. The maximum absolute atomic E-state index is 12.3. The number of carbonyl (C=O) groups is 2. The van der Waals surface area contributed by atoms with E-state index in [1.165, 1.54) is 6.42 Å². The van der Waals surface area contributed by atoms with Crippen molar-refractivity contribution in [3.63, 3.8) is 0 Å². The summed E-state index contributed by atoms with van der Waals surface area (Å²) in [4.78, 5) is 27.6. The quantitative estimate of drug-likeness (QED) is 0.804. The molecule has 6 nitrogen and oxygen atoms in total. The summed E-state index contributed by atoms with van der Waals surface area (Å²) >= 11 is 0. The van der Waals surface area contributed by atoms with Crippen LogP contribution < -0.4 is 5.32 Å². The molecule has 2 aliphatic heterocycles. The third-order valence-electron chi connectivity index (χ3n) is 4.92. The Bertz CT molecular complexity index is 388. The van der Waals surface area contributed by atoms with Gasteiger partial charge in [0.1, 0.15) is 0 Å². The van der Waals surface area contributed by atoms with Gasteiger partial charge in [0.15, 0.2) is 0 Å². The summed E-state index contributed by atoms with van der Waals surface area (Å²) in [7, 11) is 2.14. The molecule has 2 bridgehead atoms. The third kappa shape index (κ3) is 3.87. The molecule has 0 radical (unpaired) electrons. The molecule has 2 aliphatic rings. The monoisotopic (exact) mass is 297 g/mol. The van der Waals surface area contributed by atoms with E-state index in [-0.39, 0.29) is 12.6 Å². The van der Waals surface area contributed by atoms with E-state index in [0.717, 1.165) is 32.4 Å². The van der Waals surface area contributed by atoms with E-state index in [0.29, 0.717) is 18.5 Å². The number of amides is 2. The molecule has 21 heavy (non-hydrogen) atoms. The fourth-order valence-corrected chi connectivity index (χ4v) is 3.48. The first-order chi connectivity index (χ1) is 10.0. The highest BCUT2D eigenvalue weighted by atomic mass is 16.4. The van der Waals surface area contributed by atoms with Gasteiger partial charge in [-0.05, 0) is 32.7 Å². The molecule has 6 heteroatoms. The van der Waals surface area contributed by atoms with Gasteiger partial charge in [-0.15, -0.1) is 0 Å². The van der Waals surface area contributed by atoms with Crippen molar-refractivity contribution in [2.45, 2.75) is 51.1 Å². The Hall–Kier alpha value is -1.30. The zero-order chi connectivity index (χ0) is 15.4. The molecule has 2 rings (SSSR count). The van der Waals surface area contributed by atoms with Crippen molar-refractivity contribution in [3.8, 4) is 0 Å². The van der Waals surface area contributed by atoms with Gasteiger partial charge in [-0.3, -0.25) is 9.69 Å². The van der Waals surface area contributed by atoms with Crippen LogP contribution >= 0.6 is 0 Å². The Morgan fingerprint density at radius 3 is 2.67 bits per heavy atom. The van der Waals surface area contributed by atoms with Crippen molar-refractivity contribution in [1.29, 1.82) is 0 Å². The molecule has 0 saturated carbocycles. The number of hydrogen-bond donors (Lipinski definition) is 2. The number of nitrogens with one attached hydrogen (secondary N) is 1. The molecular weight excluding hydrogens is 270 g/mol. The van der Waals surface area contributed by atoms with Crippen LogP contribution in [0.2, 0.25) is 0 Å². The molecule has 3 unspecified atom stereocenters. The van der Waals surface area contributed by atoms with Crippen LogP contribution in [0.25, 0.3) is 0 Å². The number of rotatable bonds is 5. The Morgan fingerprint density at radius 2 is 2.00 bits per heavy atom. The van der Waals surface area contributed by atoms with Crippen LogP contribution in [0.4, 0.5) is 4.79 Å². The summed E-state index contributed by atoms with van der Waals surface area (Å²) in [5.41, 5.74) is 0. The number of carboxylic acids is 1. The second-order valence-electron chi connectivity index (χ2n) is 6.30. The molecule has 2 N–H and O–H groups in total. The van der Waals surface area contributed by atoms with Crippen LogP contribution in [0.5, 0.6) is 0 Å². The van der Waals surface area contributed by atoms with Gasteiger partial charge < -0.3 is 15.3 Å². The number of fused-ring (bicyclic) bond motifs is 2. The average molecular weight is 297 g/mol. The van der Waals surface area contributed by atoms with Crippen molar-refractivity contribution in [2.75, 3.05) is 26.7 Å². The lowest BCUT2D eigenvalue weighted by Gasteiger charge is -2.26. The molecule has 2 amide bonds. The van der Waals surface area contributed by atoms with Crippen LogP contribution in [-0.2, 0) is 4.79 Å². The fraction of sp³-hybridized carbons (Fsp3) is 0.867. The van der Waals surface area contributed by atoms with Gasteiger partial charge in [0, 0.05) is 31.7 Å². The summed E-state index contributed by atoms with van der Waals surface area (Å²) in [6.45, 7) is 3.70. The van der Waals surface area contributed by atoms with Crippen LogP contribution in [-0.4, -0.2) is 65.7 Å². The number of nitrogens with zero attached hydrogens (tertiary/aromatic N) is 2. The second kappa shape index (κ2) is 7.11. The Kier molecular flexibility index (Phi) is 5.45. The maximum atomic E-state index is 12.3. The van der Waals surface area contributed by atoms with Crippen LogP contribution in [0, 0.1) is 5.92 Å². The molecule has 0 spiro atoms. The number of likely N-dealkylation sites (tertiary alicyclic amines) is 1. The molecular formula is C15H27N3O3. The highest BCUT2D eigenvalue weighted by molar-refractivity contribution is 5.76. The van der Waals surface area contributed by atoms with Gasteiger partial charge >= 0.3 is 12.0 Å². The highest BCUT2D eigenvalue weighted by Crippen LogP contribution is 2.28. The van der Waals surface area contributed by atoms with Crippen LogP contribution in [0.1, 0.15) is 39.0 Å². The standard InChI is InChI=1S/C15H27N3O3/c1-3-4-11(14(19)20)9-16-15(21)18-8-7-12-5-6-13(10-18)17(12)2/h11-13H,3-10H2,1-2H3,(H,16,21)(H,19,20). The van der Waals surface area contributed by atoms with Crippen molar-refractivity contribution >= 4 is 12.0 Å². The van der Waals surface area contributed by atoms with Gasteiger partial charge in [-0.2, -0.15) is 0 Å². The lowest BCUT2D eigenvalue weighted by molar-refractivity contribution is -0.141. The van der Waals surface area contributed by atoms with Crippen LogP contribution in [0.15, 0.2) is 0 Å². The van der Waals surface area contributed by atoms with Gasteiger partial charge in [-0.1, -0.05) is 13.3 Å². The van der Waals surface area contributed by atoms with E-state index in [1.54, 1.807) is 0 Å². The molecule has 2 saturated heterocycles. The molecule has 2 heterocycles. The molecule has 0 aliphatic carbocycles. The van der Waals surface area contributed by atoms with Crippen molar-refractivity contribution in [3.05, 3.63) is 0 Å². The Morgan fingerprint density at radius 1 is 1.29 bits per heavy atom. The second-order valence-corrected chi connectivity index (χ2v) is 6.30. The van der Waals surface area contributed by atoms with E-state index in [1.807, 2.05) is 11.8 Å². The summed E-state index contributed by atoms with van der Waals surface area (Å²) in [6.07, 6.45) is 4.80. The molecule has 0 aromatic carbocycles. The summed E-state index contributed by atoms with van der Waals surface area (Å²) in [5, 5.41) is 11.9. The number of carbonyl (C=O) groups excluding carboxylic acids is 1. The van der Waals surface area contributed by atoms with Gasteiger partial charge in [0.2, 0.25) is 0 Å². The maximum Gasteiger partial charge on any atom is 0.317 e. The summed E-state index contributed by atoms with van der Waals surface area (Å²) in [5.74, 6) is -1.31. The zero-order valence-corrected chi connectivity index (χ0v) is 13.0. The molecule has 0 aromatic heterocycles. The molecule has 2 fully saturated rings. The van der Waals surface area contributed by atoms with Crippen LogP contribution in [0.3, 0.4) is 0 Å². The van der Waals surface area contributed by atoms with Crippen molar-refractivity contribution in [2.24, 2.45) is 5.92 Å². The van der Waals surface area contributed by atoms with E-state index in [4.69, 9.17) is 5.11 Å². The van der Waals surface area contributed by atoms with E-state index >= 15 is 0 Å². The molecule has 120 valence electrons. The Labute approximate surface area is 126 Å². The first-order valence-corrected chi connectivity index (χ1v) is 8.00. The van der Waals surface area contributed by atoms with Crippen molar-refractivity contribution in [1.82, 2.24) is 15.1 Å². The third-order valence-corrected chi connectivity index (χ3v) is 4.92. The normalized spacial score (nSPS) is 27.2. The first-order valence-electron chi connectivity index (χ1n) is 8.00. The highest BCUT2D eigenvalue weighted by Gasteiger charge is 2.36. The fourth-order valence-electron chi connectivity index (χ4n) is 3.48. The minimum absolute atomic E-state index is 0.113. The predicted molar refractivity (Wildman–Crippen MR) is 80.2 cm³/mol. The smallest absolute Gasteiger partial charge is 0.317 e. The minimum atomic E-state index is -0.827. The number of hydrogen-bond acceptors (Lipinski definition) is 3. The van der Waals surface area contributed by atoms with Crippen molar-refractivity contribution < 1.29 is 14.7 Å². The predicted octanol–water partition coefficient (Wildman–Crippen LogP) is 1.37. The zero-order valence-electron chi connectivity index (χ0n) is 13.0. The molecule has 3 atom stereocenters. The van der Waals surface area contributed by atoms with Gasteiger partial charge in [0.05, 0.1) is 5.92 Å². The largest absolute Gasteiger partial charge is 0.481 e. The minimum Gasteiger partial charge on any atom is -0.481 e. The number of likely N-dealkylation sites (N-methyl/N-ethyl adjacent to an activating group) is 1. The van der Waals surface area contributed by atoms with E-state index in [2.05, 4.69) is 17.3 Å². The lowest BCUT2D eigenvalue weighted by Crippen LogP contribution is -2.46. The number of urea groups is 1. The van der Waals surface area contributed by atoms with E-state index < -0.39 is 11.9 Å². The number of carboxylic acid groups (broad SMARTS) is 1.